The van der Waals surface area contributed by atoms with Gasteiger partial charge in [-0.3, -0.25) is 28.1 Å². The van der Waals surface area contributed by atoms with Gasteiger partial charge in [-0.25, -0.2) is 38.1 Å². The van der Waals surface area contributed by atoms with Crippen LogP contribution in [0.15, 0.2) is 72.8 Å². The molecule has 0 spiro atoms. The Morgan fingerprint density at radius 1 is 0.400 bits per heavy atom. The van der Waals surface area contributed by atoms with Gasteiger partial charge >= 0.3 is 71.1 Å². The fourth-order valence-corrected chi connectivity index (χ4v) is 10.9. The summed E-state index contributed by atoms with van der Waals surface area (Å²) in [5.74, 6) is -19.7. The van der Waals surface area contributed by atoms with Crippen LogP contribution in [0.25, 0.3) is 0 Å². The van der Waals surface area contributed by atoms with E-state index in [9.17, 15) is 93.0 Å². The number of methoxy groups -OCH3 is 8. The van der Waals surface area contributed by atoms with Crippen LogP contribution >= 0.6 is 34.8 Å². The molecule has 0 aliphatic rings. The van der Waals surface area contributed by atoms with E-state index in [-0.39, 0.29) is 97.2 Å². The van der Waals surface area contributed by atoms with Crippen LogP contribution in [0.3, 0.4) is 0 Å². The molecule has 0 radical (unpaired) electrons. The zero-order valence-electron chi connectivity index (χ0n) is 54.1. The number of ether oxygens (including phenoxy) is 8. The number of sulfonamides is 4. The van der Waals surface area contributed by atoms with Gasteiger partial charge < -0.3 is 48.1 Å². The highest BCUT2D eigenvalue weighted by Crippen LogP contribution is 2.39. The Bertz CT molecular complexity index is 4680. The van der Waals surface area contributed by atoms with Crippen molar-refractivity contribution < 1.29 is 131 Å². The number of halogens is 12. The number of alkyl halides is 8. The summed E-state index contributed by atoms with van der Waals surface area (Å²) in [6, 6.07) is 12.7. The zero-order chi connectivity index (χ0) is 78.8. The largest absolute Gasteiger partial charge is 0.467 e. The van der Waals surface area contributed by atoms with Gasteiger partial charge in [0.25, 0.3) is 40.1 Å². The minimum absolute atomic E-state index is 0.121. The second-order valence-corrected chi connectivity index (χ2v) is 26.9. The molecule has 8 aromatic rings. The molecule has 0 saturated heterocycles. The Morgan fingerprint density at radius 2 is 0.686 bits per heavy atom. The van der Waals surface area contributed by atoms with Crippen molar-refractivity contribution in [2.75, 3.05) is 82.4 Å². The average molecular weight is 1640 g/mol. The Kier molecular flexibility index (Phi) is 30.1. The van der Waals surface area contributed by atoms with Gasteiger partial charge in [-0.2, -0.15) is 75.0 Å². The SMILES string of the molecule is COc1nc(OC)nc(C(=O)c2cccc(Cl)c2NS(=O)(=O)C(F)F)n1.COc1nc(OC)nc(C(=O)c2cccc(F)c2NS(=O)(=O)C(F)F)n1.COc1nc(OC)nc(C(O)c2cccc(Cl)c2N(C)S(=O)(=O)C(F)F)n1.COc1nc(OC)nc(C(O)c2cccc(Cl)c2NS(=O)(=O)C(F)F)n1. The molecule has 105 heavy (non-hydrogen) atoms. The summed E-state index contributed by atoms with van der Waals surface area (Å²) < 4.78 is 251. The van der Waals surface area contributed by atoms with E-state index in [4.69, 9.17) is 72.7 Å². The van der Waals surface area contributed by atoms with Crippen LogP contribution in [-0.2, 0) is 40.1 Å². The number of benzene rings is 4. The number of aliphatic hydroxyl groups excluding tert-OH is 2. The molecule has 0 saturated carbocycles. The first-order valence-electron chi connectivity index (χ1n) is 27.3. The molecule has 0 aliphatic carbocycles. The molecule has 2 atom stereocenters. The Balaban J connectivity index is 0.000000251. The predicted molar refractivity (Wildman–Crippen MR) is 346 cm³/mol. The number of hydrogen-bond donors (Lipinski definition) is 5. The third-order valence-electron chi connectivity index (χ3n) is 12.3. The number of hydrogen-bond acceptors (Lipinski definition) is 32. The van der Waals surface area contributed by atoms with Crippen LogP contribution in [0.5, 0.6) is 48.1 Å². The molecule has 0 aliphatic heterocycles. The predicted octanol–water partition coefficient (Wildman–Crippen LogP) is 6.16. The number of aliphatic hydroxyl groups is 2. The number of carbonyl (C=O) groups excluding carboxylic acids is 2. The highest BCUT2D eigenvalue weighted by Gasteiger charge is 2.36. The maximum Gasteiger partial charge on any atom is 0.355 e. The smallest absolute Gasteiger partial charge is 0.355 e. The van der Waals surface area contributed by atoms with E-state index in [0.717, 1.165) is 25.2 Å². The summed E-state index contributed by atoms with van der Waals surface area (Å²) in [5.41, 5.74) is -3.48. The van der Waals surface area contributed by atoms with Crippen molar-refractivity contribution in [3.8, 4) is 48.1 Å². The number of aromatic nitrogens is 12. The molecule has 0 bridgehead atoms. The first kappa shape index (κ1) is 85.5. The zero-order valence-corrected chi connectivity index (χ0v) is 59.7. The standard InChI is InChI=1S/C14H15ClF2N4O5S.C13H13ClF2N4O5S.C13H11ClF2N4O5S.C13H11F3N4O5S/c1-21(27(23,24)12(16)17)9-7(5-4-6-8(9)15)10(22)11-18-13(25-2)20-14(19-11)26-3;3*1-24-12-17-10(18-13(19-12)25-2)9(21)6-4-3-5-7(14)8(6)20-26(22,23)11(15)16/h4-6,10,12,22H,1-3H3;3-5,9,11,20-21H,1-2H3;2*3-5,11,20H,1-2H3. The van der Waals surface area contributed by atoms with Crippen molar-refractivity contribution in [3.05, 3.63) is 139 Å². The molecule has 4 heterocycles. The van der Waals surface area contributed by atoms with Gasteiger partial charge in [0.15, 0.2) is 11.6 Å². The molecule has 8 rings (SSSR count). The maximum atomic E-state index is 14.0. The van der Waals surface area contributed by atoms with Crippen LogP contribution in [0.4, 0.5) is 62.3 Å². The van der Waals surface area contributed by atoms with Gasteiger partial charge in [0, 0.05) is 18.2 Å². The second kappa shape index (κ2) is 37.0. The van der Waals surface area contributed by atoms with E-state index in [1.165, 1.54) is 116 Å². The summed E-state index contributed by atoms with van der Waals surface area (Å²) in [6.07, 6.45) is -3.28. The van der Waals surface area contributed by atoms with Gasteiger partial charge in [0.05, 0.1) is 106 Å². The summed E-state index contributed by atoms with van der Waals surface area (Å²) in [5, 5.41) is 20.5. The van der Waals surface area contributed by atoms with Gasteiger partial charge in [0.2, 0.25) is 23.2 Å². The number of rotatable bonds is 28. The number of carbonyl (C=O) groups is 2. The molecule has 5 N–H and O–H groups in total. The Labute approximate surface area is 601 Å². The van der Waals surface area contributed by atoms with E-state index >= 15 is 0 Å². The van der Waals surface area contributed by atoms with Crippen molar-refractivity contribution >= 4 is 109 Å². The molecule has 4 aromatic carbocycles. The summed E-state index contributed by atoms with van der Waals surface area (Å²) >= 11 is 17.8. The van der Waals surface area contributed by atoms with Crippen molar-refractivity contribution in [1.29, 1.82) is 0 Å². The third-order valence-corrected chi connectivity index (χ3v) is 17.5. The van der Waals surface area contributed by atoms with Crippen LogP contribution in [0.1, 0.15) is 67.3 Å². The van der Waals surface area contributed by atoms with Gasteiger partial charge in [-0.1, -0.05) is 71.2 Å². The molecule has 52 heteroatoms. The lowest BCUT2D eigenvalue weighted by atomic mass is 10.1. The molecular weight excluding hydrogens is 1590 g/mol. The summed E-state index contributed by atoms with van der Waals surface area (Å²) in [7, 11) is -9.43. The van der Waals surface area contributed by atoms with Crippen LogP contribution < -0.4 is 56.4 Å². The number of para-hydroxylation sites is 4. The minimum atomic E-state index is -5.22. The number of anilines is 4. The van der Waals surface area contributed by atoms with Gasteiger partial charge in [0.1, 0.15) is 18.0 Å². The summed E-state index contributed by atoms with van der Waals surface area (Å²) in [6.45, 7) is 0. The van der Waals surface area contributed by atoms with Crippen molar-refractivity contribution in [3.63, 3.8) is 0 Å². The van der Waals surface area contributed by atoms with Crippen molar-refractivity contribution in [1.82, 2.24) is 59.8 Å². The highest BCUT2D eigenvalue weighted by molar-refractivity contribution is 7.93. The molecule has 0 amide bonds. The average Bonchev–Trinajstić information content (AvgIpc) is 0.776. The second-order valence-electron chi connectivity index (χ2n) is 18.8. The fraction of sp³-hybridized carbons (Fsp3) is 0.283. The lowest BCUT2D eigenvalue weighted by Gasteiger charge is -2.24. The Hall–Kier alpha value is -10.2. The summed E-state index contributed by atoms with van der Waals surface area (Å²) in [4.78, 5) is 70.3. The highest BCUT2D eigenvalue weighted by atomic mass is 35.5. The van der Waals surface area contributed by atoms with Crippen molar-refractivity contribution in [2.45, 2.75) is 35.2 Å². The van der Waals surface area contributed by atoms with Crippen LogP contribution in [-0.4, -0.2) is 202 Å². The van der Waals surface area contributed by atoms with Crippen molar-refractivity contribution in [2.24, 2.45) is 0 Å². The van der Waals surface area contributed by atoms with Crippen LogP contribution in [0.2, 0.25) is 15.1 Å². The first-order valence-corrected chi connectivity index (χ1v) is 34.6. The van der Waals surface area contributed by atoms with E-state index < -0.39 is 127 Å². The molecule has 0 fully saturated rings. The molecule has 4 aromatic heterocycles. The van der Waals surface area contributed by atoms with E-state index in [0.29, 0.717) is 4.31 Å². The number of nitrogens with zero attached hydrogens (tertiary/aromatic N) is 13. The minimum Gasteiger partial charge on any atom is -0.467 e. The molecule has 36 nitrogen and oxygen atoms in total. The van der Waals surface area contributed by atoms with Gasteiger partial charge in [-0.05, 0) is 36.4 Å². The van der Waals surface area contributed by atoms with Crippen LogP contribution in [0, 0.1) is 5.82 Å². The maximum absolute atomic E-state index is 14.0. The quantitative estimate of drug-likeness (QED) is 0.0270. The topological polar surface area (TPSA) is 479 Å². The number of nitrogens with one attached hydrogen (secondary N) is 3. The number of ketones is 2. The molecular formula is C53H50Cl3F9N16O20S4. The third kappa shape index (κ3) is 21.7. The lowest BCUT2D eigenvalue weighted by molar-refractivity contribution is 0.102. The normalized spacial score (nSPS) is 12.0. The van der Waals surface area contributed by atoms with E-state index in [2.05, 4.69) is 59.8 Å². The monoisotopic (exact) mass is 1630 g/mol. The fourth-order valence-electron chi connectivity index (χ4n) is 7.48. The van der Waals surface area contributed by atoms with Gasteiger partial charge in [-0.15, -0.1) is 19.9 Å². The lowest BCUT2D eigenvalue weighted by Crippen LogP contribution is -2.33. The molecule has 2 unspecified atom stereocenters. The Morgan fingerprint density at radius 3 is 1.04 bits per heavy atom. The van der Waals surface area contributed by atoms with E-state index in [1.807, 2.05) is 0 Å². The van der Waals surface area contributed by atoms with E-state index in [1.54, 1.807) is 9.44 Å². The first-order chi connectivity index (χ1) is 49.2. The molecule has 570 valence electrons.